The Morgan fingerprint density at radius 3 is 1.58 bits per heavy atom. The Hall–Kier alpha value is -3.17. The molecule has 0 saturated carbocycles. The number of aliphatic carboxylic acids is 2. The molecule has 0 aliphatic heterocycles. The lowest BCUT2D eigenvalue weighted by Crippen LogP contribution is -2.45. The summed E-state index contributed by atoms with van der Waals surface area (Å²) >= 11 is 0. The van der Waals surface area contributed by atoms with Crippen molar-refractivity contribution in [2.24, 2.45) is 50.1 Å². The van der Waals surface area contributed by atoms with Gasteiger partial charge in [-0.3, -0.25) is 24.4 Å². The summed E-state index contributed by atoms with van der Waals surface area (Å²) in [7, 11) is 0. The minimum Gasteiger partial charge on any atom is -0.480 e. The molecule has 15 nitrogen and oxygen atoms in total. The Morgan fingerprint density at radius 1 is 0.806 bits per heavy atom. The van der Waals surface area contributed by atoms with Crippen molar-refractivity contribution in [3.8, 4) is 0 Å². The van der Waals surface area contributed by atoms with Crippen LogP contribution < -0.4 is 40.1 Å². The summed E-state index contributed by atoms with van der Waals surface area (Å²) in [5.74, 6) is -2.97. The maximum Gasteiger partial charge on any atom is 0.324 e. The van der Waals surface area contributed by atoms with Crippen molar-refractivity contribution in [3.63, 3.8) is 0 Å². The first-order valence-electron chi connectivity index (χ1n) is 9.33. The Kier molecular flexibility index (Phi) is 16.1. The number of hydrogen-bond donors (Lipinski definition) is 9. The Balaban J connectivity index is 0. The van der Waals surface area contributed by atoms with Crippen molar-refractivity contribution >= 4 is 29.8 Å². The highest BCUT2D eigenvalue weighted by molar-refractivity contribution is 5.78. The number of carboxylic acids is 2. The zero-order chi connectivity index (χ0) is 24.6. The Morgan fingerprint density at radius 2 is 1.23 bits per heavy atom. The molecule has 180 valence electrons. The first kappa shape index (κ1) is 30.0. The van der Waals surface area contributed by atoms with Gasteiger partial charge < -0.3 is 55.1 Å². The maximum absolute atomic E-state index is 11.5. The number of nitrogens with zero attached hydrogens (tertiary/aromatic N) is 2. The monoisotopic (exact) mass is 449 g/mol. The molecule has 0 spiro atoms. The lowest BCUT2D eigenvalue weighted by molar-refractivity contribution is -0.155. The van der Waals surface area contributed by atoms with Crippen LogP contribution in [0.15, 0.2) is 9.98 Å². The van der Waals surface area contributed by atoms with Gasteiger partial charge in [-0.05, 0) is 32.6 Å². The van der Waals surface area contributed by atoms with Gasteiger partial charge in [-0.1, -0.05) is 0 Å². The topological polar surface area (TPSA) is 308 Å². The van der Waals surface area contributed by atoms with Gasteiger partial charge in [0.1, 0.15) is 24.2 Å². The molecule has 0 amide bonds. The molecule has 0 fully saturated rings. The minimum atomic E-state index is -1.28. The van der Waals surface area contributed by atoms with Crippen LogP contribution >= 0.6 is 0 Å². The number of nitrogens with two attached hydrogens (primary N) is 7. The number of carbonyl (C=O) groups is 3. The smallest absolute Gasteiger partial charge is 0.324 e. The van der Waals surface area contributed by atoms with Crippen LogP contribution in [0.1, 0.15) is 32.6 Å². The van der Waals surface area contributed by atoms with Crippen molar-refractivity contribution in [1.82, 2.24) is 0 Å². The van der Waals surface area contributed by atoms with Gasteiger partial charge in [-0.2, -0.15) is 0 Å². The van der Waals surface area contributed by atoms with Crippen molar-refractivity contribution in [3.05, 3.63) is 0 Å². The van der Waals surface area contributed by atoms with Crippen LogP contribution in [-0.2, 0) is 19.1 Å². The van der Waals surface area contributed by atoms with E-state index in [-0.39, 0.29) is 11.9 Å². The number of hydrogen-bond acceptors (Lipinski definition) is 9. The first-order chi connectivity index (χ1) is 14.3. The fourth-order valence-corrected chi connectivity index (χ4v) is 1.82. The molecular weight excluding hydrogens is 414 g/mol. The predicted octanol–water partition coefficient (Wildman–Crippen LogP) is -3.84. The summed E-state index contributed by atoms with van der Waals surface area (Å²) in [5.41, 5.74) is 36.5. The average molecular weight is 450 g/mol. The number of rotatable bonds is 13. The SMILES string of the molecule is C[C@@H](OC(=O)[C@@H](N)CCCN=C(N)N)[C@H](N)C(=O)O.NC(N)=NCCC[C@H](N)C(=O)O. The van der Waals surface area contributed by atoms with Crippen LogP contribution in [0, 0.1) is 0 Å². The third kappa shape index (κ3) is 17.4. The molecule has 4 atom stereocenters. The highest BCUT2D eigenvalue weighted by Crippen LogP contribution is 2.03. The molecule has 31 heavy (non-hydrogen) atoms. The lowest BCUT2D eigenvalue weighted by atomic mass is 10.1. The number of carbonyl (C=O) groups excluding carboxylic acids is 1. The standard InChI is InChI=1S/C10H21N5O4.C6H14N4O2/c1-5(7(12)8(16)17)19-9(18)6(11)3-2-4-15-10(13)14;7-4(5(11)12)2-1-3-10-6(8)9/h5-7H,2-4,11-12H2,1H3,(H,16,17)(H4,13,14,15);4H,1-3,7H2,(H,11,12)(H4,8,9,10)/t5-,6+,7+;4-/m10/s1. The number of guanidine groups is 2. The van der Waals surface area contributed by atoms with Gasteiger partial charge in [0.15, 0.2) is 11.9 Å². The average Bonchev–Trinajstić information content (AvgIpc) is 2.67. The van der Waals surface area contributed by atoms with Gasteiger partial charge >= 0.3 is 17.9 Å². The molecule has 0 aliphatic rings. The van der Waals surface area contributed by atoms with Gasteiger partial charge in [0.25, 0.3) is 0 Å². The second kappa shape index (κ2) is 16.6. The van der Waals surface area contributed by atoms with Gasteiger partial charge in [0.2, 0.25) is 0 Å². The summed E-state index contributed by atoms with van der Waals surface area (Å²) in [6.45, 7) is 2.17. The molecule has 0 bridgehead atoms. The van der Waals surface area contributed by atoms with Gasteiger partial charge in [0, 0.05) is 13.1 Å². The largest absolute Gasteiger partial charge is 0.480 e. The third-order valence-electron chi connectivity index (χ3n) is 3.65. The maximum atomic E-state index is 11.5. The van der Waals surface area contributed by atoms with E-state index >= 15 is 0 Å². The molecule has 0 heterocycles. The molecule has 0 rings (SSSR count). The molecule has 15 heteroatoms. The Bertz CT molecular complexity index is 621. The highest BCUT2D eigenvalue weighted by Gasteiger charge is 2.25. The van der Waals surface area contributed by atoms with Crippen LogP contribution in [0.3, 0.4) is 0 Å². The van der Waals surface area contributed by atoms with Crippen LogP contribution in [0.4, 0.5) is 0 Å². The van der Waals surface area contributed by atoms with Crippen LogP contribution in [0.5, 0.6) is 0 Å². The van der Waals surface area contributed by atoms with Crippen LogP contribution in [0.25, 0.3) is 0 Å². The summed E-state index contributed by atoms with van der Waals surface area (Å²) in [5, 5.41) is 17.0. The van der Waals surface area contributed by atoms with Crippen molar-refractivity contribution in [1.29, 1.82) is 0 Å². The van der Waals surface area contributed by atoms with E-state index in [9.17, 15) is 14.4 Å². The Labute approximate surface area is 180 Å². The first-order valence-corrected chi connectivity index (χ1v) is 9.33. The van der Waals surface area contributed by atoms with Crippen molar-refractivity contribution in [2.45, 2.75) is 56.8 Å². The van der Waals surface area contributed by atoms with E-state index < -0.39 is 42.1 Å². The molecule has 0 aromatic rings. The second-order valence-electron chi connectivity index (χ2n) is 6.45. The number of aliphatic imine (C=N–C) groups is 2. The highest BCUT2D eigenvalue weighted by atomic mass is 16.5. The molecule has 16 N–H and O–H groups in total. The van der Waals surface area contributed by atoms with E-state index in [0.717, 1.165) is 0 Å². The summed E-state index contributed by atoms with van der Waals surface area (Å²) in [6.07, 6.45) is 0.837. The summed E-state index contributed by atoms with van der Waals surface area (Å²) in [6, 6.07) is -2.96. The van der Waals surface area contributed by atoms with Gasteiger partial charge in [-0.25, -0.2) is 0 Å². The number of esters is 1. The number of ether oxygens (including phenoxy) is 1. The zero-order valence-electron chi connectivity index (χ0n) is 17.5. The molecule has 0 aromatic heterocycles. The summed E-state index contributed by atoms with van der Waals surface area (Å²) in [4.78, 5) is 39.7. The molecule has 0 radical (unpaired) electrons. The summed E-state index contributed by atoms with van der Waals surface area (Å²) < 4.78 is 4.86. The lowest BCUT2D eigenvalue weighted by Gasteiger charge is -2.19. The molecular formula is C16H35N9O6. The van der Waals surface area contributed by atoms with Crippen LogP contribution in [-0.4, -0.2) is 77.4 Å². The number of carboxylic acid groups (broad SMARTS) is 2. The third-order valence-corrected chi connectivity index (χ3v) is 3.65. The predicted molar refractivity (Wildman–Crippen MR) is 115 cm³/mol. The fourth-order valence-electron chi connectivity index (χ4n) is 1.82. The van der Waals surface area contributed by atoms with E-state index in [2.05, 4.69) is 9.98 Å². The molecule has 0 saturated heterocycles. The van der Waals surface area contributed by atoms with E-state index in [1.54, 1.807) is 0 Å². The quantitative estimate of drug-likeness (QED) is 0.0563. The van der Waals surface area contributed by atoms with Crippen molar-refractivity contribution in [2.75, 3.05) is 13.1 Å². The normalized spacial score (nSPS) is 13.9. The van der Waals surface area contributed by atoms with E-state index in [1.807, 2.05) is 0 Å². The minimum absolute atomic E-state index is 0.0129. The van der Waals surface area contributed by atoms with Crippen molar-refractivity contribution < 1.29 is 29.3 Å². The van der Waals surface area contributed by atoms with E-state index in [4.69, 9.17) is 55.1 Å². The second-order valence-corrected chi connectivity index (χ2v) is 6.45. The zero-order valence-corrected chi connectivity index (χ0v) is 17.5. The molecule has 0 unspecified atom stereocenters. The van der Waals surface area contributed by atoms with Gasteiger partial charge in [0.05, 0.1) is 0 Å². The van der Waals surface area contributed by atoms with Gasteiger partial charge in [-0.15, -0.1) is 0 Å². The molecule has 0 aromatic carbocycles. The van der Waals surface area contributed by atoms with E-state index in [0.29, 0.717) is 38.8 Å². The fraction of sp³-hybridized carbons (Fsp3) is 0.688. The molecule has 0 aliphatic carbocycles. The van der Waals surface area contributed by atoms with Crippen LogP contribution in [0.2, 0.25) is 0 Å². The van der Waals surface area contributed by atoms with E-state index in [1.165, 1.54) is 6.92 Å².